The quantitative estimate of drug-likeness (QED) is 0.570. The van der Waals surface area contributed by atoms with Gasteiger partial charge in [0.25, 0.3) is 5.91 Å². The first kappa shape index (κ1) is 21.9. The Morgan fingerprint density at radius 3 is 2.10 bits per heavy atom. The number of para-hydroxylation sites is 1. The monoisotopic (exact) mass is 398 g/mol. The van der Waals surface area contributed by atoms with Crippen LogP contribution < -0.4 is 15.4 Å². The van der Waals surface area contributed by atoms with E-state index in [-0.39, 0.29) is 12.5 Å². The van der Waals surface area contributed by atoms with Crippen molar-refractivity contribution in [3.8, 4) is 5.75 Å². The number of carboxylic acids is 1. The van der Waals surface area contributed by atoms with Crippen LogP contribution in [0, 0.1) is 5.92 Å². The molecule has 0 saturated carbocycles. The molecule has 0 aliphatic rings. The summed E-state index contributed by atoms with van der Waals surface area (Å²) in [5.41, 5.74) is 0.637. The highest BCUT2D eigenvalue weighted by atomic mass is 16.5. The van der Waals surface area contributed by atoms with Crippen molar-refractivity contribution in [1.82, 2.24) is 10.6 Å². The van der Waals surface area contributed by atoms with Crippen LogP contribution in [0.5, 0.6) is 5.75 Å². The van der Waals surface area contributed by atoms with Crippen molar-refractivity contribution in [1.29, 1.82) is 0 Å². The van der Waals surface area contributed by atoms with Crippen molar-refractivity contribution in [2.24, 2.45) is 5.92 Å². The minimum Gasteiger partial charge on any atom is -0.480 e. The number of hydrogen-bond acceptors (Lipinski definition) is 4. The Kier molecular flexibility index (Phi) is 8.21. The van der Waals surface area contributed by atoms with Crippen LogP contribution in [0.2, 0.25) is 0 Å². The maximum absolute atomic E-state index is 12.7. The van der Waals surface area contributed by atoms with E-state index in [9.17, 15) is 19.5 Å². The van der Waals surface area contributed by atoms with Crippen LogP contribution in [0.4, 0.5) is 0 Å². The molecule has 0 aliphatic carbocycles. The van der Waals surface area contributed by atoms with Gasteiger partial charge in [-0.25, -0.2) is 4.79 Å². The standard InChI is InChI=1S/C22H26N2O5/c1-15(2)13-18(22(27)28)24-19(25)14-23-21(26)20(16-9-5-3-6-10-16)29-17-11-7-4-8-12-17/h3-12,15,18,20H,13-14H2,1-2H3,(H,23,26)(H,24,25)(H,27,28)/t18-,20?/m0/s1. The average Bonchev–Trinajstić information content (AvgIpc) is 2.70. The summed E-state index contributed by atoms with van der Waals surface area (Å²) in [6.45, 7) is 3.40. The molecule has 1 unspecified atom stereocenters. The zero-order chi connectivity index (χ0) is 21.2. The van der Waals surface area contributed by atoms with E-state index in [0.29, 0.717) is 17.7 Å². The number of benzene rings is 2. The van der Waals surface area contributed by atoms with Crippen molar-refractivity contribution < 1.29 is 24.2 Å². The molecule has 2 aromatic rings. The average molecular weight is 398 g/mol. The lowest BCUT2D eigenvalue weighted by molar-refractivity contribution is -0.142. The minimum atomic E-state index is -1.10. The molecule has 0 fully saturated rings. The zero-order valence-corrected chi connectivity index (χ0v) is 16.5. The molecule has 0 aliphatic heterocycles. The fourth-order valence-corrected chi connectivity index (χ4v) is 2.73. The molecule has 7 nitrogen and oxygen atoms in total. The van der Waals surface area contributed by atoms with Crippen molar-refractivity contribution in [3.63, 3.8) is 0 Å². The fourth-order valence-electron chi connectivity index (χ4n) is 2.73. The second kappa shape index (κ2) is 10.8. The van der Waals surface area contributed by atoms with E-state index < -0.39 is 29.9 Å². The highest BCUT2D eigenvalue weighted by Gasteiger charge is 2.25. The van der Waals surface area contributed by atoms with Gasteiger partial charge < -0.3 is 20.5 Å². The Hall–Kier alpha value is -3.35. The lowest BCUT2D eigenvalue weighted by Gasteiger charge is -2.20. The third-order valence-corrected chi connectivity index (χ3v) is 4.10. The number of ether oxygens (including phenoxy) is 1. The highest BCUT2D eigenvalue weighted by molar-refractivity contribution is 5.89. The molecule has 2 rings (SSSR count). The number of rotatable bonds is 10. The van der Waals surface area contributed by atoms with Gasteiger partial charge in [-0.1, -0.05) is 62.4 Å². The first-order valence-electron chi connectivity index (χ1n) is 9.43. The van der Waals surface area contributed by atoms with Crippen LogP contribution in [0.1, 0.15) is 31.9 Å². The first-order valence-corrected chi connectivity index (χ1v) is 9.43. The van der Waals surface area contributed by atoms with Gasteiger partial charge in [0.15, 0.2) is 0 Å². The van der Waals surface area contributed by atoms with Crippen molar-refractivity contribution >= 4 is 17.8 Å². The van der Waals surface area contributed by atoms with Gasteiger partial charge in [-0.2, -0.15) is 0 Å². The highest BCUT2D eigenvalue weighted by Crippen LogP contribution is 2.22. The summed E-state index contributed by atoms with van der Waals surface area (Å²) < 4.78 is 5.83. The summed E-state index contributed by atoms with van der Waals surface area (Å²) in [6.07, 6.45) is -0.643. The molecule has 3 N–H and O–H groups in total. The molecule has 0 aromatic heterocycles. The van der Waals surface area contributed by atoms with E-state index in [4.69, 9.17) is 4.74 Å². The van der Waals surface area contributed by atoms with Gasteiger partial charge in [-0.15, -0.1) is 0 Å². The van der Waals surface area contributed by atoms with Gasteiger partial charge in [0.05, 0.1) is 6.54 Å². The van der Waals surface area contributed by atoms with Crippen LogP contribution in [-0.2, 0) is 14.4 Å². The Balaban J connectivity index is 2.02. The summed E-state index contributed by atoms with van der Waals surface area (Å²) in [6, 6.07) is 16.8. The summed E-state index contributed by atoms with van der Waals surface area (Å²) in [5.74, 6) is -1.55. The smallest absolute Gasteiger partial charge is 0.326 e. The van der Waals surface area contributed by atoms with E-state index >= 15 is 0 Å². The molecule has 29 heavy (non-hydrogen) atoms. The Labute approximate surface area is 170 Å². The topological polar surface area (TPSA) is 105 Å². The molecular weight excluding hydrogens is 372 g/mol. The molecule has 2 amide bonds. The van der Waals surface area contributed by atoms with Crippen LogP contribution in [0.15, 0.2) is 60.7 Å². The number of amides is 2. The molecule has 0 radical (unpaired) electrons. The SMILES string of the molecule is CC(C)C[C@H](NC(=O)CNC(=O)C(Oc1ccccc1)c1ccccc1)C(=O)O. The molecule has 154 valence electrons. The first-order chi connectivity index (χ1) is 13.9. The lowest BCUT2D eigenvalue weighted by Crippen LogP contribution is -2.47. The van der Waals surface area contributed by atoms with Crippen LogP contribution in [0.25, 0.3) is 0 Å². The predicted octanol–water partition coefficient (Wildman–Crippen LogP) is 2.54. The molecule has 0 spiro atoms. The van der Waals surface area contributed by atoms with Crippen LogP contribution in [0.3, 0.4) is 0 Å². The van der Waals surface area contributed by atoms with E-state index in [1.54, 1.807) is 48.5 Å². The van der Waals surface area contributed by atoms with E-state index in [0.717, 1.165) is 0 Å². The summed E-state index contributed by atoms with van der Waals surface area (Å²) >= 11 is 0. The summed E-state index contributed by atoms with van der Waals surface area (Å²) in [7, 11) is 0. The zero-order valence-electron chi connectivity index (χ0n) is 16.5. The third-order valence-electron chi connectivity index (χ3n) is 4.10. The molecule has 0 bridgehead atoms. The van der Waals surface area contributed by atoms with Gasteiger partial charge in [0.2, 0.25) is 12.0 Å². The molecule has 2 atom stereocenters. The molecule has 0 heterocycles. The van der Waals surface area contributed by atoms with E-state index in [1.807, 2.05) is 26.0 Å². The number of carboxylic acid groups (broad SMARTS) is 1. The van der Waals surface area contributed by atoms with Crippen molar-refractivity contribution in [2.45, 2.75) is 32.4 Å². The van der Waals surface area contributed by atoms with Gasteiger partial charge in [-0.3, -0.25) is 9.59 Å². The van der Waals surface area contributed by atoms with Gasteiger partial charge in [0, 0.05) is 5.56 Å². The maximum atomic E-state index is 12.7. The van der Waals surface area contributed by atoms with Crippen LogP contribution in [-0.4, -0.2) is 35.5 Å². The number of hydrogen-bond donors (Lipinski definition) is 3. The molecule has 0 saturated heterocycles. The lowest BCUT2D eigenvalue weighted by atomic mass is 10.0. The normalized spacial score (nSPS) is 12.7. The number of carbonyl (C=O) groups excluding carboxylic acids is 2. The molecule has 7 heteroatoms. The Morgan fingerprint density at radius 2 is 1.55 bits per heavy atom. The molecular formula is C22H26N2O5. The van der Waals surface area contributed by atoms with Gasteiger partial charge in [-0.05, 0) is 24.5 Å². The van der Waals surface area contributed by atoms with Crippen molar-refractivity contribution in [3.05, 3.63) is 66.2 Å². The fraction of sp³-hybridized carbons (Fsp3) is 0.318. The Morgan fingerprint density at radius 1 is 0.966 bits per heavy atom. The largest absolute Gasteiger partial charge is 0.480 e. The third kappa shape index (κ3) is 7.29. The second-order valence-corrected chi connectivity index (χ2v) is 7.03. The van der Waals surface area contributed by atoms with Crippen LogP contribution >= 0.6 is 0 Å². The Bertz CT molecular complexity index is 808. The summed E-state index contributed by atoms with van der Waals surface area (Å²) in [4.78, 5) is 36.1. The number of nitrogens with one attached hydrogen (secondary N) is 2. The number of aliphatic carboxylic acids is 1. The second-order valence-electron chi connectivity index (χ2n) is 7.03. The minimum absolute atomic E-state index is 0.104. The molecule has 2 aromatic carbocycles. The summed E-state index contributed by atoms with van der Waals surface area (Å²) in [5, 5.41) is 14.2. The maximum Gasteiger partial charge on any atom is 0.326 e. The van der Waals surface area contributed by atoms with E-state index in [2.05, 4.69) is 10.6 Å². The van der Waals surface area contributed by atoms with E-state index in [1.165, 1.54) is 0 Å². The number of carbonyl (C=O) groups is 3. The van der Waals surface area contributed by atoms with Gasteiger partial charge >= 0.3 is 5.97 Å². The van der Waals surface area contributed by atoms with Crippen molar-refractivity contribution in [2.75, 3.05) is 6.54 Å². The van der Waals surface area contributed by atoms with Gasteiger partial charge in [0.1, 0.15) is 11.8 Å². The predicted molar refractivity (Wildman–Crippen MR) is 108 cm³/mol.